The molecule has 1 saturated heterocycles. The zero-order valence-corrected chi connectivity index (χ0v) is 22.5. The standard InChI is InChI=1S/C30H27FNO5PS/c31-22-11-6-20(7-12-22)27(33)17-16-26-29(32(30(26)39)23-4-2-1-3-5-23)25-15-10-21(18-28(25)34)19-8-13-24(14-9-19)38(35,36)37/h1-15,18,26-27,29,33-34H,16-17H2,(H2,35,36,37)/t26-,27+,29-/m1/s1. The highest BCUT2D eigenvalue weighted by molar-refractivity contribution is 7.80. The molecule has 3 atom stereocenters. The van der Waals surface area contributed by atoms with E-state index in [2.05, 4.69) is 0 Å². The van der Waals surface area contributed by atoms with E-state index < -0.39 is 13.7 Å². The van der Waals surface area contributed by atoms with Crippen LogP contribution in [0.3, 0.4) is 0 Å². The number of aliphatic hydroxyl groups is 1. The second-order valence-corrected chi connectivity index (χ2v) is 11.6. The number of para-hydroxylation sites is 1. The van der Waals surface area contributed by atoms with Crippen molar-refractivity contribution in [3.63, 3.8) is 0 Å². The second-order valence-electron chi connectivity index (χ2n) is 9.60. The first-order chi connectivity index (χ1) is 18.6. The van der Waals surface area contributed by atoms with E-state index in [4.69, 9.17) is 12.2 Å². The third kappa shape index (κ3) is 5.66. The molecule has 0 radical (unpaired) electrons. The number of anilines is 1. The minimum absolute atomic E-state index is 0.0701. The molecule has 39 heavy (non-hydrogen) atoms. The van der Waals surface area contributed by atoms with E-state index in [-0.39, 0.29) is 28.8 Å². The Morgan fingerprint density at radius 2 is 1.54 bits per heavy atom. The summed E-state index contributed by atoms with van der Waals surface area (Å²) in [5, 5.41) is 21.8. The summed E-state index contributed by atoms with van der Waals surface area (Å²) in [6.07, 6.45) is 0.212. The van der Waals surface area contributed by atoms with Crippen molar-refractivity contribution in [3.05, 3.63) is 114 Å². The van der Waals surface area contributed by atoms with E-state index in [1.54, 1.807) is 30.3 Å². The van der Waals surface area contributed by atoms with Gasteiger partial charge in [0.1, 0.15) is 11.6 Å². The number of thiocarbonyl (C=S) groups is 1. The lowest BCUT2D eigenvalue weighted by Crippen LogP contribution is -2.54. The number of benzene rings is 4. The van der Waals surface area contributed by atoms with E-state index in [1.165, 1.54) is 24.3 Å². The number of aliphatic hydroxyl groups excluding tert-OH is 1. The van der Waals surface area contributed by atoms with Crippen LogP contribution in [0.15, 0.2) is 97.1 Å². The second kappa shape index (κ2) is 11.0. The topological polar surface area (TPSA) is 101 Å². The fraction of sp³-hybridized carbons (Fsp3) is 0.167. The summed E-state index contributed by atoms with van der Waals surface area (Å²) in [7, 11) is -4.34. The Morgan fingerprint density at radius 1 is 0.897 bits per heavy atom. The Labute approximate surface area is 231 Å². The molecule has 1 aliphatic rings. The summed E-state index contributed by atoms with van der Waals surface area (Å²) in [5.74, 6) is -0.403. The van der Waals surface area contributed by atoms with E-state index in [9.17, 15) is 29.0 Å². The van der Waals surface area contributed by atoms with E-state index in [0.29, 0.717) is 40.1 Å². The maximum atomic E-state index is 13.3. The summed E-state index contributed by atoms with van der Waals surface area (Å²) in [6, 6.07) is 26.5. The van der Waals surface area contributed by atoms with Gasteiger partial charge in [-0.25, -0.2) is 4.39 Å². The Hall–Kier alpha value is -3.39. The fourth-order valence-corrected chi connectivity index (χ4v) is 6.08. The summed E-state index contributed by atoms with van der Waals surface area (Å²) in [6.45, 7) is 0. The summed E-state index contributed by atoms with van der Waals surface area (Å²) in [5.41, 5.74) is 3.63. The normalized spacial score (nSPS) is 18.1. The number of aromatic hydroxyl groups is 1. The molecule has 6 nitrogen and oxygen atoms in total. The van der Waals surface area contributed by atoms with Crippen LogP contribution in [0.25, 0.3) is 11.1 Å². The maximum Gasteiger partial charge on any atom is 0.356 e. The molecule has 200 valence electrons. The fourth-order valence-electron chi connectivity index (χ4n) is 5.07. The van der Waals surface area contributed by atoms with Gasteiger partial charge in [-0.3, -0.25) is 4.57 Å². The minimum atomic E-state index is -4.34. The number of halogens is 1. The molecule has 0 saturated carbocycles. The maximum absolute atomic E-state index is 13.3. The lowest BCUT2D eigenvalue weighted by molar-refractivity contribution is 0.157. The van der Waals surface area contributed by atoms with Crippen LogP contribution in [0.4, 0.5) is 10.1 Å². The number of hydrogen-bond acceptors (Lipinski definition) is 4. The molecule has 4 N–H and O–H groups in total. The van der Waals surface area contributed by atoms with Crippen LogP contribution in [-0.4, -0.2) is 25.0 Å². The number of rotatable bonds is 8. The Kier molecular flexibility index (Phi) is 7.67. The van der Waals surface area contributed by atoms with Crippen LogP contribution < -0.4 is 10.2 Å². The molecule has 9 heteroatoms. The predicted molar refractivity (Wildman–Crippen MR) is 154 cm³/mol. The molecule has 1 heterocycles. The monoisotopic (exact) mass is 563 g/mol. The van der Waals surface area contributed by atoms with Gasteiger partial charge in [0.25, 0.3) is 0 Å². The molecule has 0 amide bonds. The van der Waals surface area contributed by atoms with Gasteiger partial charge in [-0.1, -0.05) is 66.8 Å². The van der Waals surface area contributed by atoms with Gasteiger partial charge in [0.2, 0.25) is 0 Å². The quantitative estimate of drug-likeness (QED) is 0.154. The largest absolute Gasteiger partial charge is 0.508 e. The summed E-state index contributed by atoms with van der Waals surface area (Å²) >= 11 is 5.81. The highest BCUT2D eigenvalue weighted by Crippen LogP contribution is 2.49. The highest BCUT2D eigenvalue weighted by Gasteiger charge is 2.46. The van der Waals surface area contributed by atoms with E-state index >= 15 is 0 Å². The van der Waals surface area contributed by atoms with Crippen LogP contribution in [0.2, 0.25) is 0 Å². The lowest BCUT2D eigenvalue weighted by Gasteiger charge is -2.50. The van der Waals surface area contributed by atoms with Crippen molar-refractivity contribution in [2.24, 2.45) is 5.92 Å². The number of phenols is 1. The van der Waals surface area contributed by atoms with Crippen molar-refractivity contribution in [2.45, 2.75) is 25.0 Å². The molecule has 5 rings (SSSR count). The molecule has 0 aromatic heterocycles. The first-order valence-corrected chi connectivity index (χ1v) is 14.5. The Morgan fingerprint density at radius 3 is 2.15 bits per heavy atom. The van der Waals surface area contributed by atoms with Crippen LogP contribution in [0.5, 0.6) is 5.75 Å². The third-order valence-electron chi connectivity index (χ3n) is 7.14. The van der Waals surface area contributed by atoms with Crippen LogP contribution in [0.1, 0.15) is 36.1 Å². The van der Waals surface area contributed by atoms with Crippen molar-refractivity contribution in [1.29, 1.82) is 0 Å². The lowest BCUT2D eigenvalue weighted by atomic mass is 9.78. The van der Waals surface area contributed by atoms with Crippen LogP contribution in [0, 0.1) is 11.7 Å². The molecule has 1 fully saturated rings. The minimum Gasteiger partial charge on any atom is -0.508 e. The molecular weight excluding hydrogens is 536 g/mol. The Bertz CT molecular complexity index is 1530. The third-order valence-corrected chi connectivity index (χ3v) is 8.61. The van der Waals surface area contributed by atoms with Gasteiger partial charge in [-0.2, -0.15) is 0 Å². The number of nitrogens with zero attached hydrogens (tertiary/aromatic N) is 1. The SMILES string of the molecule is O=P(O)(O)c1ccc(-c2ccc([C@@H]3[C@@H](CC[C@H](O)c4ccc(F)cc4)C(=S)N3c3ccccc3)c(O)c2)cc1. The molecule has 4 aromatic rings. The van der Waals surface area contributed by atoms with Gasteiger partial charge in [0, 0.05) is 17.2 Å². The number of phenolic OH excluding ortho intramolecular Hbond substituents is 1. The average Bonchev–Trinajstić information content (AvgIpc) is 2.92. The van der Waals surface area contributed by atoms with Crippen LogP contribution >= 0.6 is 19.8 Å². The molecular formula is C30H27FNO5PS. The van der Waals surface area contributed by atoms with Crippen molar-refractivity contribution in [1.82, 2.24) is 0 Å². The summed E-state index contributed by atoms with van der Waals surface area (Å²) < 4.78 is 24.8. The molecule has 0 bridgehead atoms. The highest BCUT2D eigenvalue weighted by atomic mass is 32.1. The molecule has 0 spiro atoms. The molecule has 0 unspecified atom stereocenters. The van der Waals surface area contributed by atoms with E-state index in [1.807, 2.05) is 47.4 Å². The zero-order valence-electron chi connectivity index (χ0n) is 20.8. The molecule has 4 aromatic carbocycles. The predicted octanol–water partition coefficient (Wildman–Crippen LogP) is 6.02. The van der Waals surface area contributed by atoms with Crippen molar-refractivity contribution in [3.8, 4) is 16.9 Å². The van der Waals surface area contributed by atoms with Crippen molar-refractivity contribution < 1.29 is 29.0 Å². The molecule has 0 aliphatic carbocycles. The average molecular weight is 564 g/mol. The zero-order chi connectivity index (χ0) is 27.7. The number of hydrogen-bond donors (Lipinski definition) is 4. The van der Waals surface area contributed by atoms with Gasteiger partial charge in [-0.05, 0) is 72.0 Å². The van der Waals surface area contributed by atoms with Gasteiger partial charge in [-0.15, -0.1) is 0 Å². The van der Waals surface area contributed by atoms with Crippen LogP contribution in [-0.2, 0) is 4.57 Å². The smallest absolute Gasteiger partial charge is 0.356 e. The van der Waals surface area contributed by atoms with Gasteiger partial charge >= 0.3 is 7.60 Å². The van der Waals surface area contributed by atoms with Gasteiger partial charge in [0.05, 0.1) is 22.4 Å². The first-order valence-electron chi connectivity index (χ1n) is 12.4. The molecule has 1 aliphatic heterocycles. The Balaban J connectivity index is 1.42. The van der Waals surface area contributed by atoms with Crippen molar-refractivity contribution >= 4 is 35.8 Å². The van der Waals surface area contributed by atoms with Crippen molar-refractivity contribution in [2.75, 3.05) is 4.90 Å². The van der Waals surface area contributed by atoms with E-state index in [0.717, 1.165) is 5.69 Å². The first kappa shape index (κ1) is 27.2. The van der Waals surface area contributed by atoms with Gasteiger partial charge < -0.3 is 24.9 Å². The summed E-state index contributed by atoms with van der Waals surface area (Å²) in [4.78, 5) is 21.5. The van der Waals surface area contributed by atoms with Gasteiger partial charge in [0.15, 0.2) is 0 Å².